The highest BCUT2D eigenvalue weighted by molar-refractivity contribution is 8.00. The molecule has 1 saturated heterocycles. The van der Waals surface area contributed by atoms with Gasteiger partial charge in [0.25, 0.3) is 5.91 Å². The van der Waals surface area contributed by atoms with Crippen LogP contribution in [0.2, 0.25) is 0 Å². The van der Waals surface area contributed by atoms with Crippen molar-refractivity contribution in [1.82, 2.24) is 10.2 Å². The fourth-order valence-corrected chi connectivity index (χ4v) is 4.59. The summed E-state index contributed by atoms with van der Waals surface area (Å²) in [4.78, 5) is 27.7. The Morgan fingerprint density at radius 2 is 1.92 bits per heavy atom. The average molecular weight is 379 g/mol. The third-order valence-electron chi connectivity index (χ3n) is 4.44. The number of methoxy groups -OCH3 is 1. The van der Waals surface area contributed by atoms with Crippen molar-refractivity contribution in [3.63, 3.8) is 0 Å². The minimum absolute atomic E-state index is 0.0426. The second kappa shape index (κ2) is 8.80. The highest BCUT2D eigenvalue weighted by Gasteiger charge is 2.46. The molecule has 1 fully saturated rings. The van der Waals surface area contributed by atoms with E-state index in [4.69, 9.17) is 4.74 Å². The van der Waals surface area contributed by atoms with Gasteiger partial charge >= 0.3 is 0 Å². The van der Waals surface area contributed by atoms with Crippen LogP contribution in [0.5, 0.6) is 5.75 Å². The van der Waals surface area contributed by atoms with Crippen LogP contribution >= 0.6 is 11.8 Å². The van der Waals surface area contributed by atoms with Crippen LogP contribution in [-0.4, -0.2) is 47.5 Å². The van der Waals surface area contributed by atoms with Crippen molar-refractivity contribution >= 4 is 23.6 Å². The van der Waals surface area contributed by atoms with Crippen LogP contribution in [0.1, 0.15) is 50.9 Å². The summed E-state index contributed by atoms with van der Waals surface area (Å²) in [5.74, 6) is 1.17. The fourth-order valence-electron chi connectivity index (χ4n) is 3.01. The van der Waals surface area contributed by atoms with Gasteiger partial charge in [0.2, 0.25) is 5.91 Å². The molecule has 1 N–H and O–H groups in total. The van der Waals surface area contributed by atoms with E-state index in [0.29, 0.717) is 23.6 Å². The molecule has 2 rings (SSSR count). The summed E-state index contributed by atoms with van der Waals surface area (Å²) >= 11 is 1.68. The molecular formula is C20H30N2O3S. The van der Waals surface area contributed by atoms with Crippen LogP contribution < -0.4 is 10.1 Å². The number of carbonyl (C=O) groups excluding carboxylic acids is 2. The molecule has 1 aromatic rings. The lowest BCUT2D eigenvalue weighted by Crippen LogP contribution is -2.52. The van der Waals surface area contributed by atoms with Gasteiger partial charge in [0.1, 0.15) is 11.8 Å². The summed E-state index contributed by atoms with van der Waals surface area (Å²) < 4.78 is 5.17. The molecule has 5 nitrogen and oxygen atoms in total. The number of ether oxygens (including phenoxy) is 1. The first-order chi connectivity index (χ1) is 12.3. The molecule has 1 aromatic carbocycles. The Hall–Kier alpha value is -1.69. The molecule has 26 heavy (non-hydrogen) atoms. The van der Waals surface area contributed by atoms with Gasteiger partial charge in [0.05, 0.1) is 12.5 Å². The van der Waals surface area contributed by atoms with Crippen molar-refractivity contribution in [1.29, 1.82) is 0 Å². The summed E-state index contributed by atoms with van der Waals surface area (Å²) in [6.07, 6.45) is 1.97. The lowest BCUT2D eigenvalue weighted by molar-refractivity contribution is -0.125. The van der Waals surface area contributed by atoms with Gasteiger partial charge in [-0.25, -0.2) is 0 Å². The lowest BCUT2D eigenvalue weighted by Gasteiger charge is -2.36. The SMILES string of the molecule is CCCCNC(=O)C1CSC(C(C)(C)C)N1C(=O)c1ccc(OC)cc1. The zero-order valence-corrected chi connectivity index (χ0v) is 17.2. The topological polar surface area (TPSA) is 58.6 Å². The normalized spacial score (nSPS) is 20.1. The largest absolute Gasteiger partial charge is 0.497 e. The van der Waals surface area contributed by atoms with Crippen LogP contribution in [0.15, 0.2) is 24.3 Å². The second-order valence-electron chi connectivity index (χ2n) is 7.65. The first kappa shape index (κ1) is 20.6. The Kier molecular flexibility index (Phi) is 6.98. The molecule has 2 unspecified atom stereocenters. The van der Waals surface area contributed by atoms with Gasteiger partial charge in [-0.2, -0.15) is 0 Å². The summed E-state index contributed by atoms with van der Waals surface area (Å²) in [6.45, 7) is 9.07. The number of nitrogens with one attached hydrogen (secondary N) is 1. The Bertz CT molecular complexity index is 625. The number of unbranched alkanes of at least 4 members (excludes halogenated alkanes) is 1. The van der Waals surface area contributed by atoms with E-state index >= 15 is 0 Å². The maximum absolute atomic E-state index is 13.2. The van der Waals surface area contributed by atoms with Crippen molar-refractivity contribution in [2.75, 3.05) is 19.4 Å². The van der Waals surface area contributed by atoms with E-state index in [2.05, 4.69) is 33.0 Å². The summed E-state index contributed by atoms with van der Waals surface area (Å²) in [5.41, 5.74) is 0.458. The molecular weight excluding hydrogens is 348 g/mol. The molecule has 0 bridgehead atoms. The Morgan fingerprint density at radius 1 is 1.27 bits per heavy atom. The van der Waals surface area contributed by atoms with E-state index < -0.39 is 6.04 Å². The van der Waals surface area contributed by atoms with Crippen molar-refractivity contribution in [3.8, 4) is 5.75 Å². The van der Waals surface area contributed by atoms with Gasteiger partial charge in [-0.05, 0) is 36.1 Å². The molecule has 1 aliphatic heterocycles. The number of nitrogens with zero attached hydrogens (tertiary/aromatic N) is 1. The number of amides is 2. The molecule has 1 aliphatic rings. The molecule has 0 aliphatic carbocycles. The molecule has 0 aromatic heterocycles. The molecule has 2 atom stereocenters. The molecule has 2 amide bonds. The van der Waals surface area contributed by atoms with Gasteiger partial charge in [0, 0.05) is 17.9 Å². The third-order valence-corrected chi connectivity index (χ3v) is 6.20. The van der Waals surface area contributed by atoms with Crippen LogP contribution in [0.3, 0.4) is 0 Å². The Balaban J connectivity index is 2.25. The standard InChI is InChI=1S/C20H30N2O3S/c1-6-7-12-21-17(23)16-13-26-19(20(2,3)4)22(16)18(24)14-8-10-15(25-5)11-9-14/h8-11,16,19H,6-7,12-13H2,1-5H3,(H,21,23). The zero-order valence-electron chi connectivity index (χ0n) is 16.4. The van der Waals surface area contributed by atoms with Crippen LogP contribution in [-0.2, 0) is 4.79 Å². The molecule has 1 heterocycles. The van der Waals surface area contributed by atoms with E-state index in [0.717, 1.165) is 12.8 Å². The van der Waals surface area contributed by atoms with E-state index in [1.807, 2.05) is 0 Å². The minimum Gasteiger partial charge on any atom is -0.497 e. The molecule has 0 saturated carbocycles. The van der Waals surface area contributed by atoms with E-state index in [9.17, 15) is 9.59 Å². The maximum Gasteiger partial charge on any atom is 0.255 e. The summed E-state index contributed by atoms with van der Waals surface area (Å²) in [5, 5.41) is 2.94. The number of hydrogen-bond donors (Lipinski definition) is 1. The van der Waals surface area contributed by atoms with Crippen molar-refractivity contribution in [2.24, 2.45) is 5.41 Å². The first-order valence-electron chi connectivity index (χ1n) is 9.15. The lowest BCUT2D eigenvalue weighted by atomic mass is 9.94. The number of rotatable bonds is 6. The van der Waals surface area contributed by atoms with Crippen LogP contribution in [0.4, 0.5) is 0 Å². The highest BCUT2D eigenvalue weighted by Crippen LogP contribution is 2.41. The van der Waals surface area contributed by atoms with Gasteiger partial charge < -0.3 is 15.0 Å². The zero-order chi connectivity index (χ0) is 19.3. The fraction of sp³-hybridized carbons (Fsp3) is 0.600. The second-order valence-corrected chi connectivity index (χ2v) is 8.77. The molecule has 0 radical (unpaired) electrons. The van der Waals surface area contributed by atoms with Gasteiger partial charge in [-0.15, -0.1) is 11.8 Å². The third kappa shape index (κ3) is 4.72. The highest BCUT2D eigenvalue weighted by atomic mass is 32.2. The van der Waals surface area contributed by atoms with Crippen molar-refractivity contribution < 1.29 is 14.3 Å². The van der Waals surface area contributed by atoms with Gasteiger partial charge in [-0.3, -0.25) is 9.59 Å². The van der Waals surface area contributed by atoms with Crippen LogP contribution in [0.25, 0.3) is 0 Å². The number of thioether (sulfide) groups is 1. The quantitative estimate of drug-likeness (QED) is 0.769. The van der Waals surface area contributed by atoms with Crippen molar-refractivity contribution in [2.45, 2.75) is 52.0 Å². The Morgan fingerprint density at radius 3 is 2.46 bits per heavy atom. The smallest absolute Gasteiger partial charge is 0.255 e. The molecule has 6 heteroatoms. The minimum atomic E-state index is -0.435. The summed E-state index contributed by atoms with van der Waals surface area (Å²) in [7, 11) is 1.60. The maximum atomic E-state index is 13.2. The van der Waals surface area contributed by atoms with E-state index in [-0.39, 0.29) is 22.6 Å². The molecule has 144 valence electrons. The van der Waals surface area contributed by atoms with Crippen LogP contribution in [0, 0.1) is 5.41 Å². The first-order valence-corrected chi connectivity index (χ1v) is 10.2. The Labute approximate surface area is 160 Å². The summed E-state index contributed by atoms with van der Waals surface area (Å²) in [6, 6.07) is 6.64. The number of benzene rings is 1. The monoisotopic (exact) mass is 378 g/mol. The molecule has 0 spiro atoms. The average Bonchev–Trinajstić information content (AvgIpc) is 3.07. The number of hydrogen-bond acceptors (Lipinski definition) is 4. The van der Waals surface area contributed by atoms with E-state index in [1.165, 1.54) is 0 Å². The predicted octanol–water partition coefficient (Wildman–Crippen LogP) is 3.54. The predicted molar refractivity (Wildman–Crippen MR) is 107 cm³/mol. The van der Waals surface area contributed by atoms with E-state index in [1.54, 1.807) is 48.0 Å². The van der Waals surface area contributed by atoms with Crippen molar-refractivity contribution in [3.05, 3.63) is 29.8 Å². The van der Waals surface area contributed by atoms with Gasteiger partial charge in [-0.1, -0.05) is 34.1 Å². The number of carbonyl (C=O) groups is 2. The van der Waals surface area contributed by atoms with Gasteiger partial charge in [0.15, 0.2) is 0 Å².